The first-order chi connectivity index (χ1) is 16.7. The van der Waals surface area contributed by atoms with Crippen molar-refractivity contribution in [3.05, 3.63) is 88.1 Å². The molecule has 9 heteroatoms. The fraction of sp³-hybridized carbons (Fsp3) is 0.385. The van der Waals surface area contributed by atoms with Crippen LogP contribution in [0.15, 0.2) is 53.1 Å². The molecule has 4 rings (SSSR count). The van der Waals surface area contributed by atoms with E-state index in [4.69, 9.17) is 4.42 Å². The molecule has 1 N–H and O–H groups in total. The summed E-state index contributed by atoms with van der Waals surface area (Å²) in [5.41, 5.74) is 3.59. The van der Waals surface area contributed by atoms with Gasteiger partial charge in [-0.05, 0) is 37.1 Å². The first kappa shape index (κ1) is 24.9. The maximum atomic E-state index is 12.9. The van der Waals surface area contributed by atoms with E-state index in [2.05, 4.69) is 52.1 Å². The van der Waals surface area contributed by atoms with Gasteiger partial charge in [0.1, 0.15) is 6.26 Å². The first-order valence-corrected chi connectivity index (χ1v) is 11.6. The van der Waals surface area contributed by atoms with Gasteiger partial charge in [0.05, 0.1) is 12.1 Å². The normalized spacial score (nSPS) is 15.3. The fourth-order valence-corrected chi connectivity index (χ4v) is 4.33. The number of aromatic nitrogens is 1. The average molecular weight is 487 g/mol. The monoisotopic (exact) mass is 486 g/mol. The van der Waals surface area contributed by atoms with Crippen LogP contribution in [0.25, 0.3) is 0 Å². The number of rotatable bonds is 7. The Labute approximate surface area is 202 Å². The summed E-state index contributed by atoms with van der Waals surface area (Å²) in [6.45, 7) is 9.21. The zero-order valence-corrected chi connectivity index (χ0v) is 19.9. The van der Waals surface area contributed by atoms with Crippen molar-refractivity contribution in [2.45, 2.75) is 39.7 Å². The molecule has 0 unspecified atom stereocenters. The Morgan fingerprint density at radius 2 is 1.63 bits per heavy atom. The molecule has 1 saturated heterocycles. The van der Waals surface area contributed by atoms with E-state index in [1.165, 1.54) is 35.1 Å². The summed E-state index contributed by atoms with van der Waals surface area (Å²) in [4.78, 5) is 21.3. The third-order valence-electron chi connectivity index (χ3n) is 6.00. The highest BCUT2D eigenvalue weighted by molar-refractivity contribution is 5.91. The molecule has 6 nitrogen and oxygen atoms in total. The first-order valence-electron chi connectivity index (χ1n) is 11.6. The minimum atomic E-state index is -4.42. The maximum Gasteiger partial charge on any atom is 0.416 e. The molecule has 0 atom stereocenters. The van der Waals surface area contributed by atoms with Gasteiger partial charge in [0, 0.05) is 39.3 Å². The Morgan fingerprint density at radius 1 is 0.971 bits per heavy atom. The Bertz CT molecular complexity index is 1150. The van der Waals surface area contributed by atoms with Crippen molar-refractivity contribution in [3.8, 4) is 0 Å². The number of oxazole rings is 1. The molecule has 3 aromatic rings. The van der Waals surface area contributed by atoms with E-state index in [-0.39, 0.29) is 12.2 Å². The van der Waals surface area contributed by atoms with Gasteiger partial charge in [0.2, 0.25) is 5.89 Å². The molecule has 2 aromatic carbocycles. The van der Waals surface area contributed by atoms with Crippen LogP contribution in [0.5, 0.6) is 0 Å². The number of benzene rings is 2. The Hall–Kier alpha value is -3.17. The van der Waals surface area contributed by atoms with Crippen molar-refractivity contribution in [2.24, 2.45) is 0 Å². The van der Waals surface area contributed by atoms with E-state index >= 15 is 0 Å². The van der Waals surface area contributed by atoms with E-state index in [0.29, 0.717) is 18.0 Å². The number of nitrogens with one attached hydrogen (secondary N) is 1. The number of amides is 1. The Balaban J connectivity index is 1.24. The van der Waals surface area contributed by atoms with Crippen LogP contribution in [0.3, 0.4) is 0 Å². The number of alkyl halides is 3. The highest BCUT2D eigenvalue weighted by Crippen LogP contribution is 2.29. The van der Waals surface area contributed by atoms with E-state index < -0.39 is 17.6 Å². The second-order valence-electron chi connectivity index (χ2n) is 9.06. The quantitative estimate of drug-likeness (QED) is 0.531. The topological polar surface area (TPSA) is 61.6 Å². The van der Waals surface area contributed by atoms with Gasteiger partial charge in [-0.25, -0.2) is 4.98 Å². The lowest BCUT2D eigenvalue weighted by Gasteiger charge is -2.34. The number of carbonyl (C=O) groups excluding carboxylic acids is 1. The van der Waals surface area contributed by atoms with E-state index in [1.54, 1.807) is 0 Å². The summed E-state index contributed by atoms with van der Waals surface area (Å²) >= 11 is 0. The molecule has 1 fully saturated rings. The van der Waals surface area contributed by atoms with Crippen LogP contribution in [0.4, 0.5) is 13.2 Å². The molecule has 1 aromatic heterocycles. The number of hydrogen-bond donors (Lipinski definition) is 1. The van der Waals surface area contributed by atoms with Crippen molar-refractivity contribution >= 4 is 5.91 Å². The third kappa shape index (κ3) is 6.93. The molecule has 0 saturated carbocycles. The van der Waals surface area contributed by atoms with Gasteiger partial charge in [-0.2, -0.15) is 13.2 Å². The Kier molecular flexibility index (Phi) is 7.57. The van der Waals surface area contributed by atoms with Gasteiger partial charge >= 0.3 is 6.18 Å². The zero-order chi connectivity index (χ0) is 25.0. The van der Waals surface area contributed by atoms with Crippen LogP contribution in [-0.2, 0) is 25.8 Å². The minimum Gasteiger partial charge on any atom is -0.447 e. The molecule has 0 spiro atoms. The lowest BCUT2D eigenvalue weighted by molar-refractivity contribution is -0.137. The van der Waals surface area contributed by atoms with E-state index in [1.807, 2.05) is 0 Å². The molecular formula is C26H29F3N4O2. The average Bonchev–Trinajstić information content (AvgIpc) is 3.26. The van der Waals surface area contributed by atoms with Crippen LogP contribution in [0.1, 0.15) is 44.2 Å². The number of hydrogen-bond acceptors (Lipinski definition) is 5. The standard InChI is InChI=1S/C26H29F3N4O2/c1-18-10-19(2)12-21(11-18)15-32-6-8-33(9-7-32)16-24-31-23(17-35-24)25(34)30-14-20-4-3-5-22(13-20)26(27,28)29/h3-5,10-13,17H,6-9,14-16H2,1-2H3,(H,30,34). The smallest absolute Gasteiger partial charge is 0.416 e. The highest BCUT2D eigenvalue weighted by atomic mass is 19.4. The van der Waals surface area contributed by atoms with Gasteiger partial charge in [0.25, 0.3) is 5.91 Å². The van der Waals surface area contributed by atoms with Crippen LogP contribution < -0.4 is 5.32 Å². The SMILES string of the molecule is Cc1cc(C)cc(CN2CCN(Cc3nc(C(=O)NCc4cccc(C(F)(F)F)c4)co3)CC2)c1. The second-order valence-corrected chi connectivity index (χ2v) is 9.06. The van der Waals surface area contributed by atoms with E-state index in [9.17, 15) is 18.0 Å². The number of piperazine rings is 1. The van der Waals surface area contributed by atoms with Crippen LogP contribution in [0.2, 0.25) is 0 Å². The molecular weight excluding hydrogens is 457 g/mol. The summed E-state index contributed by atoms with van der Waals surface area (Å²) in [5.74, 6) is -0.0485. The van der Waals surface area contributed by atoms with Gasteiger partial charge in [-0.15, -0.1) is 0 Å². The molecule has 1 aliphatic rings. The predicted octanol–water partition coefficient (Wildman–Crippen LogP) is 4.56. The molecule has 2 heterocycles. The molecule has 186 valence electrons. The highest BCUT2D eigenvalue weighted by Gasteiger charge is 2.30. The summed E-state index contributed by atoms with van der Waals surface area (Å²) in [5, 5.41) is 2.60. The maximum absolute atomic E-state index is 12.9. The molecule has 35 heavy (non-hydrogen) atoms. The largest absolute Gasteiger partial charge is 0.447 e. The van der Waals surface area contributed by atoms with Crippen LogP contribution in [-0.4, -0.2) is 46.9 Å². The zero-order valence-electron chi connectivity index (χ0n) is 19.9. The summed E-state index contributed by atoms with van der Waals surface area (Å²) < 4.78 is 44.1. The number of carbonyl (C=O) groups is 1. The van der Waals surface area contributed by atoms with Gasteiger partial charge in [-0.3, -0.25) is 14.6 Å². The van der Waals surface area contributed by atoms with Gasteiger partial charge < -0.3 is 9.73 Å². The lowest BCUT2D eigenvalue weighted by Crippen LogP contribution is -2.45. The van der Waals surface area contributed by atoms with Crippen LogP contribution in [0, 0.1) is 13.8 Å². The van der Waals surface area contributed by atoms with Crippen molar-refractivity contribution < 1.29 is 22.4 Å². The lowest BCUT2D eigenvalue weighted by atomic mass is 10.1. The summed E-state index contributed by atoms with van der Waals surface area (Å²) in [7, 11) is 0. The molecule has 0 bridgehead atoms. The van der Waals surface area contributed by atoms with Crippen LogP contribution >= 0.6 is 0 Å². The molecule has 1 aliphatic heterocycles. The molecule has 0 aliphatic carbocycles. The minimum absolute atomic E-state index is 0.0344. The van der Waals surface area contributed by atoms with Crippen molar-refractivity contribution in [2.75, 3.05) is 26.2 Å². The Morgan fingerprint density at radius 3 is 2.29 bits per heavy atom. The van der Waals surface area contributed by atoms with Crippen molar-refractivity contribution in [3.63, 3.8) is 0 Å². The fourth-order valence-electron chi connectivity index (χ4n) is 4.33. The predicted molar refractivity (Wildman–Crippen MR) is 126 cm³/mol. The number of nitrogens with zero attached hydrogens (tertiary/aromatic N) is 3. The number of halogens is 3. The van der Waals surface area contributed by atoms with Crippen molar-refractivity contribution in [1.29, 1.82) is 0 Å². The summed E-state index contributed by atoms with van der Waals surface area (Å²) in [6, 6.07) is 11.5. The number of aryl methyl sites for hydroxylation is 2. The molecule has 0 radical (unpaired) electrons. The third-order valence-corrected chi connectivity index (χ3v) is 6.00. The van der Waals surface area contributed by atoms with E-state index in [0.717, 1.165) is 44.9 Å². The van der Waals surface area contributed by atoms with Gasteiger partial charge in [-0.1, -0.05) is 41.5 Å². The second kappa shape index (κ2) is 10.6. The summed E-state index contributed by atoms with van der Waals surface area (Å²) in [6.07, 6.45) is -3.14. The van der Waals surface area contributed by atoms with Crippen molar-refractivity contribution in [1.82, 2.24) is 20.1 Å². The van der Waals surface area contributed by atoms with Gasteiger partial charge in [0.15, 0.2) is 5.69 Å². The molecule has 1 amide bonds.